The zero-order chi connectivity index (χ0) is 10.7. The summed E-state index contributed by atoms with van der Waals surface area (Å²) < 4.78 is 0. The van der Waals surface area contributed by atoms with Crippen LogP contribution in [0, 0.1) is 10.1 Å². The van der Waals surface area contributed by atoms with Crippen LogP contribution in [0.5, 0.6) is 0 Å². The minimum absolute atomic E-state index is 0.0262. The Morgan fingerprint density at radius 2 is 2.36 bits per heavy atom. The number of nitrogens with two attached hydrogens (primary N) is 1. The molecule has 0 aliphatic carbocycles. The molecule has 0 bridgehead atoms. The zero-order valence-electron chi connectivity index (χ0n) is 7.56. The van der Waals surface area contributed by atoms with E-state index in [-0.39, 0.29) is 16.9 Å². The van der Waals surface area contributed by atoms with E-state index in [2.05, 4.69) is 4.98 Å². The summed E-state index contributed by atoms with van der Waals surface area (Å²) in [4.78, 5) is 24.6. The molecule has 1 heterocycles. The molecule has 1 aromatic heterocycles. The summed E-state index contributed by atoms with van der Waals surface area (Å²) in [6.07, 6.45) is 1.56. The SMILES string of the molecule is CCc1c([N+](=O)[O-])ccnc1C(N)=O. The molecule has 0 aliphatic rings. The molecule has 0 aliphatic heterocycles. The van der Waals surface area contributed by atoms with Crippen LogP contribution >= 0.6 is 0 Å². The van der Waals surface area contributed by atoms with Gasteiger partial charge in [0.05, 0.1) is 10.5 Å². The second kappa shape index (κ2) is 3.82. The standard InChI is InChI=1S/C8H9N3O3/c1-2-5-6(11(13)14)3-4-10-7(5)8(9)12/h3-4H,2H2,1H3,(H2,9,12). The summed E-state index contributed by atoms with van der Waals surface area (Å²) in [6, 6.07) is 1.26. The van der Waals surface area contributed by atoms with Gasteiger partial charge in [-0.1, -0.05) is 6.92 Å². The molecule has 0 unspecified atom stereocenters. The zero-order valence-corrected chi connectivity index (χ0v) is 7.56. The van der Waals surface area contributed by atoms with Gasteiger partial charge in [0.15, 0.2) is 0 Å². The van der Waals surface area contributed by atoms with Gasteiger partial charge >= 0.3 is 0 Å². The quantitative estimate of drug-likeness (QED) is 0.565. The number of rotatable bonds is 3. The van der Waals surface area contributed by atoms with Gasteiger partial charge in [0.25, 0.3) is 11.6 Å². The van der Waals surface area contributed by atoms with Crippen LogP contribution in [0.25, 0.3) is 0 Å². The molecule has 0 saturated heterocycles. The summed E-state index contributed by atoms with van der Waals surface area (Å²) >= 11 is 0. The van der Waals surface area contributed by atoms with Gasteiger partial charge in [-0.15, -0.1) is 0 Å². The first-order valence-corrected chi connectivity index (χ1v) is 4.00. The summed E-state index contributed by atoms with van der Waals surface area (Å²) in [5.41, 5.74) is 5.18. The van der Waals surface area contributed by atoms with Gasteiger partial charge in [0.2, 0.25) is 0 Å². The first kappa shape index (κ1) is 10.1. The highest BCUT2D eigenvalue weighted by Crippen LogP contribution is 2.20. The van der Waals surface area contributed by atoms with Crippen molar-refractivity contribution in [3.63, 3.8) is 0 Å². The normalized spacial score (nSPS) is 9.79. The number of nitro groups is 1. The van der Waals surface area contributed by atoms with Gasteiger partial charge in [-0.2, -0.15) is 0 Å². The summed E-state index contributed by atoms with van der Waals surface area (Å²) in [5.74, 6) is -0.745. The van der Waals surface area contributed by atoms with Gasteiger partial charge in [0, 0.05) is 12.3 Å². The highest BCUT2D eigenvalue weighted by molar-refractivity contribution is 5.93. The molecule has 1 rings (SSSR count). The maximum atomic E-state index is 10.9. The first-order chi connectivity index (χ1) is 6.57. The molecule has 2 N–H and O–H groups in total. The third kappa shape index (κ3) is 1.68. The van der Waals surface area contributed by atoms with E-state index >= 15 is 0 Å². The van der Waals surface area contributed by atoms with Crippen LogP contribution in [-0.4, -0.2) is 15.8 Å². The van der Waals surface area contributed by atoms with Crippen LogP contribution < -0.4 is 5.73 Å². The van der Waals surface area contributed by atoms with E-state index in [0.717, 1.165) is 0 Å². The highest BCUT2D eigenvalue weighted by atomic mass is 16.6. The Morgan fingerprint density at radius 3 is 2.79 bits per heavy atom. The van der Waals surface area contributed by atoms with Crippen molar-refractivity contribution in [1.29, 1.82) is 0 Å². The summed E-state index contributed by atoms with van der Waals surface area (Å²) in [6.45, 7) is 1.70. The molecule has 0 spiro atoms. The molecular weight excluding hydrogens is 186 g/mol. The Balaban J connectivity index is 3.39. The number of pyridine rings is 1. The van der Waals surface area contributed by atoms with Crippen molar-refractivity contribution in [2.24, 2.45) is 5.73 Å². The molecule has 1 amide bonds. The predicted octanol–water partition coefficient (Wildman–Crippen LogP) is 0.651. The number of amides is 1. The average Bonchev–Trinajstić information content (AvgIpc) is 2.16. The van der Waals surface area contributed by atoms with Gasteiger partial charge in [-0.25, -0.2) is 0 Å². The molecule has 0 saturated carbocycles. The molecule has 0 radical (unpaired) electrons. The van der Waals surface area contributed by atoms with E-state index in [9.17, 15) is 14.9 Å². The molecule has 14 heavy (non-hydrogen) atoms. The molecule has 1 aromatic rings. The monoisotopic (exact) mass is 195 g/mol. The van der Waals surface area contributed by atoms with Crippen LogP contribution in [0.2, 0.25) is 0 Å². The lowest BCUT2D eigenvalue weighted by molar-refractivity contribution is -0.385. The molecular formula is C8H9N3O3. The fraction of sp³-hybridized carbons (Fsp3) is 0.250. The molecule has 6 nitrogen and oxygen atoms in total. The molecule has 74 valence electrons. The highest BCUT2D eigenvalue weighted by Gasteiger charge is 2.19. The summed E-state index contributed by atoms with van der Waals surface area (Å²) in [5, 5.41) is 10.6. The largest absolute Gasteiger partial charge is 0.364 e. The predicted molar refractivity (Wildman–Crippen MR) is 48.8 cm³/mol. The van der Waals surface area contributed by atoms with Crippen LogP contribution in [0.15, 0.2) is 12.3 Å². The Bertz CT molecular complexity index is 357. The van der Waals surface area contributed by atoms with Crippen molar-refractivity contribution in [3.05, 3.63) is 33.6 Å². The number of nitrogens with zero attached hydrogens (tertiary/aromatic N) is 2. The maximum Gasteiger partial charge on any atom is 0.276 e. The number of carbonyl (C=O) groups excluding carboxylic acids is 1. The fourth-order valence-electron chi connectivity index (χ4n) is 1.21. The smallest absolute Gasteiger partial charge is 0.276 e. The Labute approximate surface area is 79.9 Å². The first-order valence-electron chi connectivity index (χ1n) is 4.00. The van der Waals surface area contributed by atoms with Crippen molar-refractivity contribution in [2.75, 3.05) is 0 Å². The van der Waals surface area contributed by atoms with Crippen LogP contribution in [0.4, 0.5) is 5.69 Å². The van der Waals surface area contributed by atoms with Crippen LogP contribution in [0.3, 0.4) is 0 Å². The fourth-order valence-corrected chi connectivity index (χ4v) is 1.21. The lowest BCUT2D eigenvalue weighted by Crippen LogP contribution is -2.16. The minimum atomic E-state index is -0.745. The lowest BCUT2D eigenvalue weighted by atomic mass is 10.1. The van der Waals surface area contributed by atoms with E-state index in [0.29, 0.717) is 6.42 Å². The number of carbonyl (C=O) groups is 1. The Hall–Kier alpha value is -1.98. The second-order valence-corrected chi connectivity index (χ2v) is 2.63. The van der Waals surface area contributed by atoms with E-state index in [1.54, 1.807) is 6.92 Å². The Kier molecular flexibility index (Phi) is 2.76. The van der Waals surface area contributed by atoms with Gasteiger partial charge in [-0.3, -0.25) is 19.9 Å². The average molecular weight is 195 g/mol. The molecule has 0 aromatic carbocycles. The summed E-state index contributed by atoms with van der Waals surface area (Å²) in [7, 11) is 0. The third-order valence-electron chi connectivity index (χ3n) is 1.81. The van der Waals surface area contributed by atoms with Gasteiger partial charge < -0.3 is 5.73 Å². The van der Waals surface area contributed by atoms with Crippen LogP contribution in [-0.2, 0) is 6.42 Å². The number of hydrogen-bond donors (Lipinski definition) is 1. The van der Waals surface area contributed by atoms with Gasteiger partial charge in [0.1, 0.15) is 5.69 Å². The van der Waals surface area contributed by atoms with Gasteiger partial charge in [-0.05, 0) is 6.42 Å². The lowest BCUT2D eigenvalue weighted by Gasteiger charge is -2.02. The Morgan fingerprint density at radius 1 is 1.71 bits per heavy atom. The van der Waals surface area contributed by atoms with E-state index in [1.807, 2.05) is 0 Å². The third-order valence-corrected chi connectivity index (χ3v) is 1.81. The number of hydrogen-bond acceptors (Lipinski definition) is 4. The van der Waals surface area contributed by atoms with Crippen molar-refractivity contribution in [2.45, 2.75) is 13.3 Å². The van der Waals surface area contributed by atoms with Crippen molar-refractivity contribution in [3.8, 4) is 0 Å². The molecule has 0 fully saturated rings. The van der Waals surface area contributed by atoms with Crippen molar-refractivity contribution in [1.82, 2.24) is 4.98 Å². The second-order valence-electron chi connectivity index (χ2n) is 2.63. The topological polar surface area (TPSA) is 99.1 Å². The maximum absolute atomic E-state index is 10.9. The molecule has 6 heteroatoms. The number of primary amides is 1. The minimum Gasteiger partial charge on any atom is -0.364 e. The molecule has 0 atom stereocenters. The number of aromatic nitrogens is 1. The van der Waals surface area contributed by atoms with Crippen molar-refractivity contribution >= 4 is 11.6 Å². The van der Waals surface area contributed by atoms with E-state index in [4.69, 9.17) is 5.73 Å². The van der Waals surface area contributed by atoms with E-state index < -0.39 is 10.8 Å². The van der Waals surface area contributed by atoms with E-state index in [1.165, 1.54) is 12.3 Å². The van der Waals surface area contributed by atoms with Crippen LogP contribution in [0.1, 0.15) is 23.0 Å². The van der Waals surface area contributed by atoms with Crippen molar-refractivity contribution < 1.29 is 9.72 Å².